The minimum absolute atomic E-state index is 0.783. The predicted octanol–water partition coefficient (Wildman–Crippen LogP) is 3.14. The first kappa shape index (κ1) is 14.5. The fraction of sp³-hybridized carbons (Fsp3) is 0.176. The van der Waals surface area contributed by atoms with Crippen molar-refractivity contribution in [3.63, 3.8) is 0 Å². The maximum Gasteiger partial charge on any atom is 0.145 e. The lowest BCUT2D eigenvalue weighted by Gasteiger charge is -2.30. The van der Waals surface area contributed by atoms with E-state index in [0.29, 0.717) is 0 Å². The number of methoxy groups -OCH3 is 1. The number of aliphatic hydroxyl groups is 1. The van der Waals surface area contributed by atoms with Gasteiger partial charge in [-0.2, -0.15) is 0 Å². The van der Waals surface area contributed by atoms with E-state index in [1.165, 1.54) is 7.11 Å². The van der Waals surface area contributed by atoms with Gasteiger partial charge in [0.1, 0.15) is 17.1 Å². The summed E-state index contributed by atoms with van der Waals surface area (Å²) in [4.78, 5) is -1.13. The molecule has 0 aliphatic carbocycles. The van der Waals surface area contributed by atoms with E-state index >= 15 is 0 Å². The number of ether oxygens (including phenoxy) is 1. The second-order valence-electron chi connectivity index (χ2n) is 4.30. The first-order valence-corrected chi connectivity index (χ1v) is 6.59. The third-order valence-electron chi connectivity index (χ3n) is 3.06. The molecule has 2 aromatic rings. The van der Waals surface area contributed by atoms with E-state index in [1.54, 1.807) is 0 Å². The highest BCUT2D eigenvalue weighted by molar-refractivity contribution is 6.26. The molecule has 0 saturated carbocycles. The Labute approximate surface area is 124 Å². The Bertz CT molecular complexity index is 560. The Morgan fingerprint density at radius 1 is 1.00 bits per heavy atom. The van der Waals surface area contributed by atoms with Crippen LogP contribution in [0.1, 0.15) is 11.1 Å². The summed E-state index contributed by atoms with van der Waals surface area (Å²) in [5.41, 5.74) is 1.57. The molecule has 0 saturated heterocycles. The number of hydrogen-bond donors (Lipinski definition) is 1. The van der Waals surface area contributed by atoms with Crippen molar-refractivity contribution < 1.29 is 9.84 Å². The molecular weight excluding hydrogens is 272 g/mol. The molecular formula is C17H15ClO2. The van der Waals surface area contributed by atoms with Gasteiger partial charge in [-0.1, -0.05) is 60.7 Å². The Balaban J connectivity index is 2.55. The molecule has 1 atom stereocenters. The molecule has 0 fully saturated rings. The first-order valence-electron chi connectivity index (χ1n) is 6.21. The van der Waals surface area contributed by atoms with Crippen LogP contribution in [-0.4, -0.2) is 18.3 Å². The topological polar surface area (TPSA) is 29.5 Å². The zero-order valence-electron chi connectivity index (χ0n) is 11.1. The fourth-order valence-electron chi connectivity index (χ4n) is 2.06. The van der Waals surface area contributed by atoms with Gasteiger partial charge in [-0.3, -0.25) is 0 Å². The molecule has 0 aliphatic heterocycles. The number of alkyl halides is 1. The maximum absolute atomic E-state index is 10.4. The van der Waals surface area contributed by atoms with Gasteiger partial charge >= 0.3 is 0 Å². The van der Waals surface area contributed by atoms with E-state index in [-0.39, 0.29) is 0 Å². The standard InChI is InChI=1S/C17H15ClO2/c1-20-13-12-16(19)17(18,14-8-4-2-5-9-14)15-10-6-3-7-11-15/h2-11,16,19H,1H3. The summed E-state index contributed by atoms with van der Waals surface area (Å²) in [7, 11) is 1.45. The summed E-state index contributed by atoms with van der Waals surface area (Å²) in [6, 6.07) is 18.8. The second-order valence-corrected chi connectivity index (χ2v) is 4.89. The van der Waals surface area contributed by atoms with Crippen LogP contribution in [0.4, 0.5) is 0 Å². The molecule has 0 spiro atoms. The smallest absolute Gasteiger partial charge is 0.145 e. The van der Waals surface area contributed by atoms with Gasteiger partial charge < -0.3 is 9.84 Å². The van der Waals surface area contributed by atoms with Crippen LogP contribution in [0.15, 0.2) is 60.7 Å². The van der Waals surface area contributed by atoms with Gasteiger partial charge in [-0.25, -0.2) is 0 Å². The van der Waals surface area contributed by atoms with Crippen LogP contribution in [0.2, 0.25) is 0 Å². The molecule has 20 heavy (non-hydrogen) atoms. The van der Waals surface area contributed by atoms with E-state index in [9.17, 15) is 5.11 Å². The molecule has 2 aromatic carbocycles. The van der Waals surface area contributed by atoms with Crippen LogP contribution in [0, 0.1) is 12.0 Å². The maximum atomic E-state index is 10.4. The van der Waals surface area contributed by atoms with Crippen molar-refractivity contribution in [1.82, 2.24) is 0 Å². The Kier molecular flexibility index (Phi) is 4.68. The van der Waals surface area contributed by atoms with Gasteiger partial charge in [0.15, 0.2) is 0 Å². The third-order valence-corrected chi connectivity index (χ3v) is 3.71. The number of hydrogen-bond acceptors (Lipinski definition) is 2. The lowest BCUT2D eigenvalue weighted by atomic mass is 9.86. The summed E-state index contributed by atoms with van der Waals surface area (Å²) in [6.07, 6.45) is 1.32. The largest absolute Gasteiger partial charge is 0.450 e. The SMILES string of the molecule is COC#CC(O)C(Cl)(c1ccccc1)c1ccccc1. The average Bonchev–Trinajstić information content (AvgIpc) is 2.53. The molecule has 1 unspecified atom stereocenters. The minimum atomic E-state index is -1.13. The van der Waals surface area contributed by atoms with Crippen molar-refractivity contribution in [3.8, 4) is 12.0 Å². The van der Waals surface area contributed by atoms with Gasteiger partial charge in [-0.15, -0.1) is 11.6 Å². The van der Waals surface area contributed by atoms with Crippen molar-refractivity contribution >= 4 is 11.6 Å². The van der Waals surface area contributed by atoms with Crippen LogP contribution in [0.3, 0.4) is 0 Å². The third kappa shape index (κ3) is 2.80. The molecule has 0 bridgehead atoms. The van der Waals surface area contributed by atoms with Gasteiger partial charge in [0.25, 0.3) is 0 Å². The normalized spacial score (nSPS) is 12.2. The summed E-state index contributed by atoms with van der Waals surface area (Å²) < 4.78 is 4.70. The zero-order chi connectivity index (χ0) is 14.4. The quantitative estimate of drug-likeness (QED) is 0.694. The van der Waals surface area contributed by atoms with Crippen LogP contribution in [0.5, 0.6) is 0 Å². The summed E-state index contributed by atoms with van der Waals surface area (Å²) in [5.74, 6) is 2.62. The number of rotatable bonds is 3. The van der Waals surface area contributed by atoms with Gasteiger partial charge in [0.05, 0.1) is 7.11 Å². The minimum Gasteiger partial charge on any atom is -0.450 e. The highest BCUT2D eigenvalue weighted by Crippen LogP contribution is 2.39. The van der Waals surface area contributed by atoms with Crippen LogP contribution < -0.4 is 0 Å². The van der Waals surface area contributed by atoms with E-state index < -0.39 is 11.0 Å². The van der Waals surface area contributed by atoms with E-state index in [2.05, 4.69) is 12.0 Å². The molecule has 0 aromatic heterocycles. The van der Waals surface area contributed by atoms with Gasteiger partial charge in [0.2, 0.25) is 0 Å². The Hall–Kier alpha value is -1.95. The molecule has 3 heteroatoms. The number of aliphatic hydroxyl groups excluding tert-OH is 1. The van der Waals surface area contributed by atoms with E-state index in [1.807, 2.05) is 60.7 Å². The zero-order valence-corrected chi connectivity index (χ0v) is 11.8. The Morgan fingerprint density at radius 3 is 1.85 bits per heavy atom. The first-order chi connectivity index (χ1) is 9.69. The molecule has 102 valence electrons. The van der Waals surface area contributed by atoms with Crippen LogP contribution in [-0.2, 0) is 9.61 Å². The Morgan fingerprint density at radius 2 is 1.45 bits per heavy atom. The monoisotopic (exact) mass is 286 g/mol. The van der Waals surface area contributed by atoms with Crippen molar-refractivity contribution in [2.45, 2.75) is 11.0 Å². The van der Waals surface area contributed by atoms with Crippen LogP contribution in [0.25, 0.3) is 0 Å². The van der Waals surface area contributed by atoms with Crippen LogP contribution >= 0.6 is 11.6 Å². The van der Waals surface area contributed by atoms with Gasteiger partial charge in [0, 0.05) is 0 Å². The molecule has 0 radical (unpaired) electrons. The summed E-state index contributed by atoms with van der Waals surface area (Å²) in [5, 5.41) is 10.4. The molecule has 1 N–H and O–H groups in total. The number of benzene rings is 2. The molecule has 0 aliphatic rings. The molecule has 0 heterocycles. The molecule has 0 amide bonds. The second kappa shape index (κ2) is 6.47. The molecule has 2 rings (SSSR count). The van der Waals surface area contributed by atoms with Gasteiger partial charge in [-0.05, 0) is 17.0 Å². The van der Waals surface area contributed by atoms with E-state index in [0.717, 1.165) is 11.1 Å². The average molecular weight is 287 g/mol. The summed E-state index contributed by atoms with van der Waals surface area (Å²) in [6.45, 7) is 0. The van der Waals surface area contributed by atoms with Crippen molar-refractivity contribution in [3.05, 3.63) is 71.8 Å². The van der Waals surface area contributed by atoms with E-state index in [4.69, 9.17) is 16.3 Å². The van der Waals surface area contributed by atoms with Crippen molar-refractivity contribution in [2.75, 3.05) is 7.11 Å². The number of halogens is 1. The molecule has 2 nitrogen and oxygen atoms in total. The fourth-order valence-corrected chi connectivity index (χ4v) is 2.36. The predicted molar refractivity (Wildman–Crippen MR) is 80.3 cm³/mol. The lowest BCUT2D eigenvalue weighted by Crippen LogP contribution is -2.34. The highest BCUT2D eigenvalue weighted by Gasteiger charge is 2.38. The lowest BCUT2D eigenvalue weighted by molar-refractivity contribution is 0.195. The summed E-state index contributed by atoms with van der Waals surface area (Å²) >= 11 is 6.77. The van der Waals surface area contributed by atoms with Crippen molar-refractivity contribution in [2.24, 2.45) is 0 Å². The highest BCUT2D eigenvalue weighted by atomic mass is 35.5. The van der Waals surface area contributed by atoms with Crippen molar-refractivity contribution in [1.29, 1.82) is 0 Å².